The van der Waals surface area contributed by atoms with Gasteiger partial charge in [-0.05, 0) is 94.9 Å². The maximum absolute atomic E-state index is 12.8. The van der Waals surface area contributed by atoms with Gasteiger partial charge in [0.25, 0.3) is 0 Å². The molecule has 119 heavy (non-hydrogen) atoms. The molecule has 4 bridgehead atoms. The summed E-state index contributed by atoms with van der Waals surface area (Å²) in [5.41, 5.74) is 1.55. The molecule has 43 heteroatoms. The van der Waals surface area contributed by atoms with E-state index in [1.807, 2.05) is 0 Å². The molecule has 0 fully saturated rings. The second kappa shape index (κ2) is 62.4. The molecule has 41 nitrogen and oxygen atoms in total. The molecule has 2 aromatic heterocycles. The van der Waals surface area contributed by atoms with Crippen molar-refractivity contribution in [3.63, 3.8) is 0 Å². The zero-order chi connectivity index (χ0) is 87.1. The minimum absolute atomic E-state index is 0. The van der Waals surface area contributed by atoms with Crippen molar-refractivity contribution >= 4 is 71.0 Å². The van der Waals surface area contributed by atoms with Gasteiger partial charge in [0.2, 0.25) is 23.6 Å². The van der Waals surface area contributed by atoms with E-state index in [0.29, 0.717) is 29.2 Å². The third-order valence-electron chi connectivity index (χ3n) is 20.5. The van der Waals surface area contributed by atoms with Crippen LogP contribution in [0.3, 0.4) is 0 Å². The third-order valence-corrected chi connectivity index (χ3v) is 20.5. The molecule has 0 saturated carbocycles. The fraction of sp³-hybridized carbons (Fsp3) is 0.711. The molecular formula is C76H118Gd2N12O29-3. The number of aliphatic carboxylic acids is 6. The Kier molecular flexibility index (Phi) is 58.4. The Morgan fingerprint density at radius 3 is 0.983 bits per heavy atom. The fourth-order valence-electron chi connectivity index (χ4n) is 13.4. The summed E-state index contributed by atoms with van der Waals surface area (Å²) in [6.45, 7) is -4.11. The maximum atomic E-state index is 12.8. The first-order chi connectivity index (χ1) is 55.8. The molecule has 15 N–H and O–H groups in total. The Hall–Kier alpha value is -5.69. The van der Waals surface area contributed by atoms with Crippen LogP contribution in [0.1, 0.15) is 139 Å². The number of hydrogen-bond donors (Lipinski definition) is 15. The predicted octanol–water partition coefficient (Wildman–Crippen LogP) is -13.2. The number of hydrogen-bond acceptors (Lipinski definition) is 37. The number of carbonyl (C=O) groups excluding carboxylic acids is 12. The Labute approximate surface area is 755 Å². The van der Waals surface area contributed by atoms with Gasteiger partial charge in [0.15, 0.2) is 0 Å². The van der Waals surface area contributed by atoms with Crippen LogP contribution in [-0.4, -0.2) is 353 Å². The quantitative estimate of drug-likeness (QED) is 0.0274. The zero-order valence-corrected chi connectivity index (χ0v) is 71.5. The van der Waals surface area contributed by atoms with Gasteiger partial charge in [-0.15, -0.1) is 0 Å². The standard InChI is InChI=1S/C40H66N6O14.C36H58N6O15.2Gd/c1-2-27(22-47)36(53)41-14-7-12-34(40(59)60)46-19-17-44(32(38(55)56)11-6-15-42-37(54)29(25-50)26-51)16-18-45(20-30-8-5-9-31(21-46)43-30)33(39(57)58)10-3-4-13-35(52)28(23-48)24-49;43-20-26(47)5-4-25(46)6-7-30(35(54)55)41-14-12-40(29(34(52)53)8-10-32(50)37-16-27(48)21-44)13-15-42(19-24-3-1-2-23(18-41)39-24)31(36(56)57)9-11-33(51)38-17-28(49)22-45;;/h5,8-9,27-29,32-34,47-51H,2-4,6-7,10-26H2,1H3,(H,41,53)(H,42,54)(H,55,56)(H,57,58)(H,59,60);1-3,26-31,43-45,47-49H,4-22H2,(H,37,50)(H,38,51)(H,52,53)(H,54,55)(H,56,57);;/q;;;+3/p-6. The Morgan fingerprint density at radius 1 is 0.361 bits per heavy atom. The normalized spacial score (nSPS) is 16.9. The molecule has 4 rings (SSSR count). The van der Waals surface area contributed by atoms with Crippen LogP contribution in [0.25, 0.3) is 0 Å². The van der Waals surface area contributed by atoms with Crippen LogP contribution in [0, 0.1) is 97.6 Å². The third kappa shape index (κ3) is 42.5. The average molecular weight is 1980 g/mol. The number of carboxylic acids is 6. The van der Waals surface area contributed by atoms with Gasteiger partial charge >= 0.3 is 39.9 Å². The molecule has 2 aliphatic rings. The van der Waals surface area contributed by atoms with E-state index in [2.05, 4.69) is 26.3 Å². The van der Waals surface area contributed by atoms with Crippen LogP contribution in [0.2, 0.25) is 0 Å². The number of pyridine rings is 2. The number of ketones is 2. The van der Waals surface area contributed by atoms with Gasteiger partial charge in [0, 0.05) is 201 Å². The van der Waals surface area contributed by atoms with Crippen LogP contribution in [0.4, 0.5) is 0 Å². The molecule has 675 valence electrons. The van der Waals surface area contributed by atoms with Crippen molar-refractivity contribution in [3.05, 3.63) is 59.2 Å². The second-order valence-corrected chi connectivity index (χ2v) is 29.0. The molecule has 1 radical (unpaired) electrons. The van der Waals surface area contributed by atoms with Crippen molar-refractivity contribution in [1.82, 2.24) is 60.6 Å². The largest absolute Gasteiger partial charge is 3.00 e. The van der Waals surface area contributed by atoms with E-state index in [1.54, 1.807) is 58.0 Å². The number of carboxylic acid groups (broad SMARTS) is 6. The second-order valence-electron chi connectivity index (χ2n) is 29.0. The number of carbonyl (C=O) groups is 12. The van der Waals surface area contributed by atoms with Crippen molar-refractivity contribution in [2.24, 2.45) is 17.8 Å². The number of rotatable bonds is 53. The number of amides is 4. The van der Waals surface area contributed by atoms with Gasteiger partial charge in [-0.3, -0.25) is 68.1 Å². The van der Waals surface area contributed by atoms with E-state index in [-0.39, 0.29) is 311 Å². The van der Waals surface area contributed by atoms with E-state index >= 15 is 0 Å². The van der Waals surface area contributed by atoms with Crippen LogP contribution < -0.4 is 51.9 Å². The number of unbranched alkanes of at least 4 members (excludes halogenated alkanes) is 1. The summed E-state index contributed by atoms with van der Waals surface area (Å²) in [6, 6.07) is 1.91. The molecule has 4 heterocycles. The summed E-state index contributed by atoms with van der Waals surface area (Å²) < 4.78 is 0. The molecule has 10 atom stereocenters. The topological polar surface area (TPSA) is 659 Å². The van der Waals surface area contributed by atoms with Crippen molar-refractivity contribution in [1.29, 1.82) is 0 Å². The molecule has 0 aliphatic carbocycles. The average Bonchev–Trinajstić information content (AvgIpc) is 0.833. The number of nitrogens with one attached hydrogen (secondary N) is 4. The first-order valence-corrected chi connectivity index (χ1v) is 39.5. The molecule has 0 aromatic carbocycles. The van der Waals surface area contributed by atoms with Crippen molar-refractivity contribution in [2.75, 3.05) is 131 Å². The molecule has 2 aliphatic heterocycles. The van der Waals surface area contributed by atoms with E-state index in [0.717, 1.165) is 0 Å². The summed E-state index contributed by atoms with van der Waals surface area (Å²) in [6.07, 6.45) is -4.08. The molecule has 2 aromatic rings. The maximum Gasteiger partial charge on any atom is 3.00 e. The van der Waals surface area contributed by atoms with E-state index in [9.17, 15) is 129 Å². The smallest absolute Gasteiger partial charge is 0.548 e. The molecule has 10 unspecified atom stereocenters. The SMILES string of the molecule is CCC(CO)C(=O)NCCCC(C(=O)[O-])N1CCN(C(CCCNC(=O)C(CO)CO)C(=O)[O-])CCN(C(CCCCC(=O)C(CO)CO)C(=O)[O-])Cc2cccc(n2)C1.O=C(CCC(O)CO)CCC(C(=O)[O-])N1CCN(C(CCC(=O)NCC(O)CO)C(=O)[O-])CCN(C(CCC(=O)NCC(O)CO)C(=O)[O-])Cc2cccc(n2)C1.[Gd+3].[Gd]. The summed E-state index contributed by atoms with van der Waals surface area (Å²) >= 11 is 0. The van der Waals surface area contributed by atoms with Crippen LogP contribution >= 0.6 is 0 Å². The van der Waals surface area contributed by atoms with Crippen LogP contribution in [0.15, 0.2) is 36.4 Å². The van der Waals surface area contributed by atoms with Crippen molar-refractivity contribution < 1.29 is 224 Å². The summed E-state index contributed by atoms with van der Waals surface area (Å²) in [5, 5.41) is 189. The number of fused-ring (bicyclic) bond motifs is 4. The Balaban J connectivity index is 0.00000117. The van der Waals surface area contributed by atoms with Crippen molar-refractivity contribution in [2.45, 2.75) is 197 Å². The van der Waals surface area contributed by atoms with Crippen LogP contribution in [-0.2, 0) is 83.7 Å². The van der Waals surface area contributed by atoms with E-state index < -0.39 is 172 Å². The first kappa shape index (κ1) is 111. The van der Waals surface area contributed by atoms with E-state index in [4.69, 9.17) is 20.3 Å². The Morgan fingerprint density at radius 2 is 0.655 bits per heavy atom. The molecular weight excluding hydrogens is 1860 g/mol. The fourth-order valence-corrected chi connectivity index (χ4v) is 13.4. The van der Waals surface area contributed by atoms with Gasteiger partial charge in [-0.1, -0.05) is 25.5 Å². The minimum atomic E-state index is -1.60. The van der Waals surface area contributed by atoms with Crippen LogP contribution in [0.5, 0.6) is 0 Å². The first-order valence-electron chi connectivity index (χ1n) is 39.5. The summed E-state index contributed by atoms with van der Waals surface area (Å²) in [4.78, 5) is 169. The number of aliphatic hydroxyl groups is 11. The number of aliphatic hydroxyl groups excluding tert-OH is 11. The minimum Gasteiger partial charge on any atom is -0.548 e. The number of Topliss-reactive ketones (excluding diaryl/α,β-unsaturated/α-hetero) is 2. The van der Waals surface area contributed by atoms with Gasteiger partial charge in [0.1, 0.15) is 11.6 Å². The van der Waals surface area contributed by atoms with Gasteiger partial charge < -0.3 is 137 Å². The molecule has 0 saturated heterocycles. The Bertz CT molecular complexity index is 3230. The molecule has 4 amide bonds. The number of aromatic nitrogens is 2. The monoisotopic (exact) mass is 1980 g/mol. The van der Waals surface area contributed by atoms with E-state index in [1.165, 1.54) is 14.7 Å². The van der Waals surface area contributed by atoms with Gasteiger partial charge in [-0.2, -0.15) is 0 Å². The molecule has 0 spiro atoms. The van der Waals surface area contributed by atoms with Gasteiger partial charge in [-0.25, -0.2) is 0 Å². The zero-order valence-electron chi connectivity index (χ0n) is 66.9. The number of nitrogens with zero attached hydrogens (tertiary/aromatic N) is 8. The van der Waals surface area contributed by atoms with Gasteiger partial charge in [0.05, 0.1) is 160 Å². The predicted molar refractivity (Wildman–Crippen MR) is 397 cm³/mol. The van der Waals surface area contributed by atoms with Crippen molar-refractivity contribution in [3.8, 4) is 0 Å². The summed E-state index contributed by atoms with van der Waals surface area (Å²) in [5.74, 6) is -14.5. The summed E-state index contributed by atoms with van der Waals surface area (Å²) in [7, 11) is 0.